The van der Waals surface area contributed by atoms with E-state index in [1.54, 1.807) is 6.20 Å². The summed E-state index contributed by atoms with van der Waals surface area (Å²) in [5, 5.41) is 5.73. The Balaban J connectivity index is 1.57. The standard InChI is InChI=1S/C19H25N5O/c1-2-15-8-4-5-9-16(15)22-19(25)21-14-17-20-11-10-18(23-17)24-12-6-3-7-13-24/h4-5,8-11H,2-3,6-7,12-14H2,1H3,(H2,21,22,25). The lowest BCUT2D eigenvalue weighted by Crippen LogP contribution is -2.31. The molecule has 1 fully saturated rings. The van der Waals surface area contributed by atoms with Crippen LogP contribution in [0.3, 0.4) is 0 Å². The number of nitrogens with one attached hydrogen (secondary N) is 2. The number of anilines is 2. The van der Waals surface area contributed by atoms with E-state index in [1.165, 1.54) is 19.3 Å². The minimum Gasteiger partial charge on any atom is -0.357 e. The third kappa shape index (κ3) is 4.68. The second kappa shape index (κ2) is 8.46. The Hall–Kier alpha value is -2.63. The number of urea groups is 1. The fourth-order valence-electron chi connectivity index (χ4n) is 3.05. The molecule has 6 nitrogen and oxygen atoms in total. The van der Waals surface area contributed by atoms with E-state index in [0.717, 1.165) is 36.6 Å². The maximum atomic E-state index is 12.2. The Bertz CT molecular complexity index is 712. The molecule has 2 N–H and O–H groups in total. The van der Waals surface area contributed by atoms with Crippen LogP contribution in [0.2, 0.25) is 0 Å². The molecule has 2 heterocycles. The largest absolute Gasteiger partial charge is 0.357 e. The number of amides is 2. The molecular formula is C19H25N5O. The molecule has 1 aliphatic heterocycles. The van der Waals surface area contributed by atoms with Crippen LogP contribution in [0, 0.1) is 0 Å². The van der Waals surface area contributed by atoms with Crippen molar-refractivity contribution >= 4 is 17.5 Å². The van der Waals surface area contributed by atoms with Crippen molar-refractivity contribution in [3.63, 3.8) is 0 Å². The van der Waals surface area contributed by atoms with Crippen molar-refractivity contribution < 1.29 is 4.79 Å². The maximum Gasteiger partial charge on any atom is 0.319 e. The highest BCUT2D eigenvalue weighted by Gasteiger charge is 2.13. The van der Waals surface area contributed by atoms with Crippen LogP contribution in [0.5, 0.6) is 0 Å². The summed E-state index contributed by atoms with van der Waals surface area (Å²) in [6.07, 6.45) is 6.33. The number of carbonyl (C=O) groups excluding carboxylic acids is 1. The molecular weight excluding hydrogens is 314 g/mol. The van der Waals surface area contributed by atoms with Gasteiger partial charge in [-0.25, -0.2) is 14.8 Å². The van der Waals surface area contributed by atoms with Gasteiger partial charge in [0.1, 0.15) is 11.6 Å². The summed E-state index contributed by atoms with van der Waals surface area (Å²) in [6.45, 7) is 4.45. The Kier molecular flexibility index (Phi) is 5.82. The van der Waals surface area contributed by atoms with Crippen molar-refractivity contribution in [2.45, 2.75) is 39.2 Å². The molecule has 0 atom stereocenters. The van der Waals surface area contributed by atoms with Crippen molar-refractivity contribution in [1.29, 1.82) is 0 Å². The first-order chi connectivity index (χ1) is 12.3. The number of hydrogen-bond donors (Lipinski definition) is 2. The van der Waals surface area contributed by atoms with E-state index >= 15 is 0 Å². The molecule has 3 rings (SSSR count). The van der Waals surface area contributed by atoms with Gasteiger partial charge in [0.15, 0.2) is 0 Å². The third-order valence-corrected chi connectivity index (χ3v) is 4.42. The van der Waals surface area contributed by atoms with E-state index in [-0.39, 0.29) is 6.03 Å². The number of para-hydroxylation sites is 1. The topological polar surface area (TPSA) is 70.2 Å². The van der Waals surface area contributed by atoms with E-state index in [4.69, 9.17) is 0 Å². The van der Waals surface area contributed by atoms with Gasteiger partial charge in [0.25, 0.3) is 0 Å². The van der Waals surface area contributed by atoms with Gasteiger partial charge in [-0.3, -0.25) is 0 Å². The number of rotatable bonds is 5. The first kappa shape index (κ1) is 17.2. The minimum absolute atomic E-state index is 0.243. The Morgan fingerprint density at radius 1 is 1.16 bits per heavy atom. The molecule has 2 amide bonds. The molecule has 1 aliphatic rings. The van der Waals surface area contributed by atoms with Gasteiger partial charge in [0.2, 0.25) is 0 Å². The molecule has 0 aliphatic carbocycles. The summed E-state index contributed by atoms with van der Waals surface area (Å²) in [5.41, 5.74) is 1.95. The van der Waals surface area contributed by atoms with Crippen LogP contribution < -0.4 is 15.5 Å². The van der Waals surface area contributed by atoms with Crippen LogP contribution in [-0.4, -0.2) is 29.1 Å². The van der Waals surface area contributed by atoms with Gasteiger partial charge >= 0.3 is 6.03 Å². The maximum absolute atomic E-state index is 12.2. The van der Waals surface area contributed by atoms with E-state index in [2.05, 4.69) is 32.4 Å². The highest BCUT2D eigenvalue weighted by Crippen LogP contribution is 2.17. The lowest BCUT2D eigenvalue weighted by molar-refractivity contribution is 0.251. The molecule has 25 heavy (non-hydrogen) atoms. The average Bonchev–Trinajstić information content (AvgIpc) is 2.68. The lowest BCUT2D eigenvalue weighted by atomic mass is 10.1. The summed E-state index contributed by atoms with van der Waals surface area (Å²) < 4.78 is 0. The van der Waals surface area contributed by atoms with Crippen LogP contribution in [0.15, 0.2) is 36.5 Å². The predicted molar refractivity (Wildman–Crippen MR) is 99.8 cm³/mol. The fourth-order valence-corrected chi connectivity index (χ4v) is 3.05. The second-order valence-electron chi connectivity index (χ2n) is 6.20. The van der Waals surface area contributed by atoms with Crippen LogP contribution >= 0.6 is 0 Å². The van der Waals surface area contributed by atoms with Gasteiger partial charge in [0, 0.05) is 25.0 Å². The highest BCUT2D eigenvalue weighted by molar-refractivity contribution is 5.90. The number of aromatic nitrogens is 2. The number of hydrogen-bond acceptors (Lipinski definition) is 4. The molecule has 1 saturated heterocycles. The van der Waals surface area contributed by atoms with Crippen molar-refractivity contribution in [2.75, 3.05) is 23.3 Å². The quantitative estimate of drug-likeness (QED) is 0.876. The smallest absolute Gasteiger partial charge is 0.319 e. The zero-order valence-electron chi connectivity index (χ0n) is 14.7. The summed E-state index contributed by atoms with van der Waals surface area (Å²) in [7, 11) is 0. The van der Waals surface area contributed by atoms with Gasteiger partial charge in [-0.15, -0.1) is 0 Å². The van der Waals surface area contributed by atoms with E-state index in [0.29, 0.717) is 12.4 Å². The first-order valence-electron chi connectivity index (χ1n) is 8.96. The zero-order chi connectivity index (χ0) is 17.5. The summed E-state index contributed by atoms with van der Waals surface area (Å²) in [5.74, 6) is 1.57. The van der Waals surface area contributed by atoms with Gasteiger partial charge in [-0.2, -0.15) is 0 Å². The normalized spacial score (nSPS) is 14.2. The molecule has 6 heteroatoms. The fraction of sp³-hybridized carbons (Fsp3) is 0.421. The van der Waals surface area contributed by atoms with Crippen LogP contribution in [0.25, 0.3) is 0 Å². The molecule has 0 unspecified atom stereocenters. The molecule has 1 aromatic carbocycles. The highest BCUT2D eigenvalue weighted by atomic mass is 16.2. The molecule has 0 radical (unpaired) electrons. The van der Waals surface area contributed by atoms with E-state index in [1.807, 2.05) is 30.3 Å². The number of piperidine rings is 1. The first-order valence-corrected chi connectivity index (χ1v) is 8.96. The third-order valence-electron chi connectivity index (χ3n) is 4.42. The lowest BCUT2D eigenvalue weighted by Gasteiger charge is -2.27. The van der Waals surface area contributed by atoms with Crippen LogP contribution in [-0.2, 0) is 13.0 Å². The van der Waals surface area contributed by atoms with Crippen LogP contribution in [0.4, 0.5) is 16.3 Å². The summed E-state index contributed by atoms with van der Waals surface area (Å²) >= 11 is 0. The van der Waals surface area contributed by atoms with E-state index in [9.17, 15) is 4.79 Å². The Labute approximate surface area is 148 Å². The molecule has 0 spiro atoms. The average molecular weight is 339 g/mol. The monoisotopic (exact) mass is 339 g/mol. The number of aryl methyl sites for hydroxylation is 1. The van der Waals surface area contributed by atoms with Crippen molar-refractivity contribution in [2.24, 2.45) is 0 Å². The number of nitrogens with zero attached hydrogens (tertiary/aromatic N) is 3. The summed E-state index contributed by atoms with van der Waals surface area (Å²) in [6, 6.07) is 9.51. The predicted octanol–water partition coefficient (Wildman–Crippen LogP) is 3.35. The summed E-state index contributed by atoms with van der Waals surface area (Å²) in [4.78, 5) is 23.3. The van der Waals surface area contributed by atoms with Gasteiger partial charge in [0.05, 0.1) is 6.54 Å². The van der Waals surface area contributed by atoms with E-state index < -0.39 is 0 Å². The zero-order valence-corrected chi connectivity index (χ0v) is 14.7. The second-order valence-corrected chi connectivity index (χ2v) is 6.20. The number of benzene rings is 1. The molecule has 2 aromatic rings. The van der Waals surface area contributed by atoms with Gasteiger partial charge in [-0.05, 0) is 43.4 Å². The number of carbonyl (C=O) groups is 1. The van der Waals surface area contributed by atoms with Crippen molar-refractivity contribution in [3.8, 4) is 0 Å². The minimum atomic E-state index is -0.243. The Morgan fingerprint density at radius 2 is 1.96 bits per heavy atom. The van der Waals surface area contributed by atoms with Crippen molar-refractivity contribution in [3.05, 3.63) is 47.9 Å². The molecule has 1 aromatic heterocycles. The SMILES string of the molecule is CCc1ccccc1NC(=O)NCc1nccc(N2CCCCC2)n1. The molecule has 0 saturated carbocycles. The van der Waals surface area contributed by atoms with Gasteiger partial charge < -0.3 is 15.5 Å². The van der Waals surface area contributed by atoms with Gasteiger partial charge in [-0.1, -0.05) is 25.1 Å². The van der Waals surface area contributed by atoms with Crippen LogP contribution in [0.1, 0.15) is 37.6 Å². The molecule has 0 bridgehead atoms. The van der Waals surface area contributed by atoms with Crippen molar-refractivity contribution in [1.82, 2.24) is 15.3 Å². The Morgan fingerprint density at radius 3 is 2.76 bits per heavy atom. The molecule has 132 valence electrons.